The molecule has 1 fully saturated rings. The Bertz CT molecular complexity index is 507. The zero-order valence-corrected chi connectivity index (χ0v) is 13.0. The van der Waals surface area contributed by atoms with Gasteiger partial charge in [-0.1, -0.05) is 0 Å². The summed E-state index contributed by atoms with van der Waals surface area (Å²) < 4.78 is 6.59. The van der Waals surface area contributed by atoms with Crippen molar-refractivity contribution < 1.29 is 19.7 Å². The number of aromatic nitrogens is 2. The van der Waals surface area contributed by atoms with Gasteiger partial charge in [0, 0.05) is 46.5 Å². The SMILES string of the molecule is COCC(=O)NC[C@]1(O)CCN(Cc2cn(C)cn2)C[C@H]1O. The first-order chi connectivity index (χ1) is 10.4. The summed E-state index contributed by atoms with van der Waals surface area (Å²) in [6.07, 6.45) is 3.12. The van der Waals surface area contributed by atoms with Crippen molar-refractivity contribution >= 4 is 5.91 Å². The van der Waals surface area contributed by atoms with E-state index in [1.54, 1.807) is 6.33 Å². The third-order valence-corrected chi connectivity index (χ3v) is 3.92. The molecule has 1 aromatic heterocycles. The summed E-state index contributed by atoms with van der Waals surface area (Å²) in [6, 6.07) is 0. The van der Waals surface area contributed by atoms with Gasteiger partial charge in [-0.2, -0.15) is 0 Å². The average Bonchev–Trinajstić information content (AvgIpc) is 2.87. The summed E-state index contributed by atoms with van der Waals surface area (Å²) in [5.41, 5.74) is -0.377. The molecule has 2 atom stereocenters. The number of piperidine rings is 1. The highest BCUT2D eigenvalue weighted by molar-refractivity contribution is 5.77. The minimum Gasteiger partial charge on any atom is -0.389 e. The number of imidazole rings is 1. The Morgan fingerprint density at radius 2 is 2.41 bits per heavy atom. The molecule has 8 nitrogen and oxygen atoms in total. The van der Waals surface area contributed by atoms with Crippen LogP contribution < -0.4 is 5.32 Å². The van der Waals surface area contributed by atoms with Gasteiger partial charge in [-0.05, 0) is 6.42 Å². The Hall–Kier alpha value is -1.48. The molecular formula is C14H24N4O4. The van der Waals surface area contributed by atoms with Crippen LogP contribution >= 0.6 is 0 Å². The predicted octanol–water partition coefficient (Wildman–Crippen LogP) is -1.52. The van der Waals surface area contributed by atoms with E-state index in [4.69, 9.17) is 4.74 Å². The molecule has 2 rings (SSSR count). The second kappa shape index (κ2) is 7.19. The van der Waals surface area contributed by atoms with Gasteiger partial charge in [-0.25, -0.2) is 4.98 Å². The van der Waals surface area contributed by atoms with Crippen molar-refractivity contribution in [2.24, 2.45) is 7.05 Å². The Labute approximate surface area is 129 Å². The molecule has 1 aromatic rings. The van der Waals surface area contributed by atoms with E-state index in [1.165, 1.54) is 7.11 Å². The number of likely N-dealkylation sites (tertiary alicyclic amines) is 1. The van der Waals surface area contributed by atoms with E-state index in [-0.39, 0.29) is 19.1 Å². The van der Waals surface area contributed by atoms with Crippen LogP contribution in [0.5, 0.6) is 0 Å². The van der Waals surface area contributed by atoms with E-state index < -0.39 is 11.7 Å². The van der Waals surface area contributed by atoms with E-state index in [2.05, 4.69) is 10.3 Å². The van der Waals surface area contributed by atoms with E-state index in [0.717, 1.165) is 5.69 Å². The normalized spacial score (nSPS) is 26.1. The number of aryl methyl sites for hydroxylation is 1. The summed E-state index contributed by atoms with van der Waals surface area (Å²) in [7, 11) is 3.34. The van der Waals surface area contributed by atoms with Crippen LogP contribution in [0.25, 0.3) is 0 Å². The molecule has 1 aliphatic heterocycles. The first-order valence-corrected chi connectivity index (χ1v) is 7.28. The minimum absolute atomic E-state index is 0.0216. The summed E-state index contributed by atoms with van der Waals surface area (Å²) in [6.45, 7) is 1.56. The molecule has 0 saturated carbocycles. The topological polar surface area (TPSA) is 99.9 Å². The van der Waals surface area contributed by atoms with Crippen LogP contribution in [0.15, 0.2) is 12.5 Å². The number of β-amino-alcohol motifs (C(OH)–C–C–N with tert-alkyl or cyclic N) is 1. The molecular weight excluding hydrogens is 288 g/mol. The van der Waals surface area contributed by atoms with Crippen molar-refractivity contribution in [1.29, 1.82) is 0 Å². The van der Waals surface area contributed by atoms with Gasteiger partial charge in [-0.3, -0.25) is 9.69 Å². The van der Waals surface area contributed by atoms with E-state index in [1.807, 2.05) is 22.7 Å². The average molecular weight is 312 g/mol. The Kier molecular flexibility index (Phi) is 5.52. The number of hydrogen-bond donors (Lipinski definition) is 3. The molecule has 1 amide bonds. The molecule has 0 spiro atoms. The number of methoxy groups -OCH3 is 1. The maximum absolute atomic E-state index is 11.4. The zero-order valence-electron chi connectivity index (χ0n) is 13.0. The maximum Gasteiger partial charge on any atom is 0.246 e. The molecule has 0 aliphatic carbocycles. The standard InChI is InChI=1S/C14H24N4O4/c1-17-5-11(16-10-17)6-18-4-3-14(21,12(19)7-18)9-15-13(20)8-22-2/h5,10,12,19,21H,3-4,6-9H2,1-2H3,(H,15,20)/t12-,14-/m1/s1. The molecule has 124 valence electrons. The Morgan fingerprint density at radius 3 is 3.00 bits per heavy atom. The van der Waals surface area contributed by atoms with Crippen LogP contribution in [0.1, 0.15) is 12.1 Å². The number of rotatable bonds is 6. The van der Waals surface area contributed by atoms with Crippen LogP contribution in [-0.2, 0) is 23.1 Å². The molecule has 3 N–H and O–H groups in total. The summed E-state index contributed by atoms with van der Waals surface area (Å²) in [5, 5.41) is 23.3. The fourth-order valence-corrected chi connectivity index (χ4v) is 2.59. The van der Waals surface area contributed by atoms with Gasteiger partial charge >= 0.3 is 0 Å². The number of nitrogens with zero attached hydrogens (tertiary/aromatic N) is 3. The molecule has 2 heterocycles. The Morgan fingerprint density at radius 1 is 1.64 bits per heavy atom. The van der Waals surface area contributed by atoms with Gasteiger partial charge in [0.2, 0.25) is 5.91 Å². The summed E-state index contributed by atoms with van der Waals surface area (Å²) in [4.78, 5) is 17.7. The quantitative estimate of drug-likeness (QED) is 0.590. The molecule has 1 saturated heterocycles. The lowest BCUT2D eigenvalue weighted by atomic mass is 9.88. The largest absolute Gasteiger partial charge is 0.389 e. The third-order valence-electron chi connectivity index (χ3n) is 3.92. The molecule has 22 heavy (non-hydrogen) atoms. The van der Waals surface area contributed by atoms with Gasteiger partial charge in [0.05, 0.1) is 18.1 Å². The van der Waals surface area contributed by atoms with Crippen molar-refractivity contribution in [3.8, 4) is 0 Å². The van der Waals surface area contributed by atoms with Crippen molar-refractivity contribution in [2.75, 3.05) is 33.4 Å². The van der Waals surface area contributed by atoms with Crippen molar-refractivity contribution in [3.63, 3.8) is 0 Å². The monoisotopic (exact) mass is 312 g/mol. The lowest BCUT2D eigenvalue weighted by molar-refractivity contribution is -0.134. The predicted molar refractivity (Wildman–Crippen MR) is 78.9 cm³/mol. The number of ether oxygens (including phenoxy) is 1. The highest BCUT2D eigenvalue weighted by Crippen LogP contribution is 2.23. The number of aliphatic hydroxyl groups is 2. The number of carbonyl (C=O) groups is 1. The first-order valence-electron chi connectivity index (χ1n) is 7.28. The third kappa shape index (κ3) is 4.26. The summed E-state index contributed by atoms with van der Waals surface area (Å²) >= 11 is 0. The molecule has 0 radical (unpaired) electrons. The van der Waals surface area contributed by atoms with Gasteiger partial charge < -0.3 is 24.8 Å². The first kappa shape index (κ1) is 16.9. The smallest absolute Gasteiger partial charge is 0.246 e. The van der Waals surface area contributed by atoms with Crippen molar-refractivity contribution in [1.82, 2.24) is 19.8 Å². The zero-order chi connectivity index (χ0) is 16.2. The fraction of sp³-hybridized carbons (Fsp3) is 0.714. The molecule has 0 aromatic carbocycles. The number of nitrogens with one attached hydrogen (secondary N) is 1. The van der Waals surface area contributed by atoms with Crippen LogP contribution in [-0.4, -0.2) is 75.6 Å². The van der Waals surface area contributed by atoms with Crippen LogP contribution in [0, 0.1) is 0 Å². The number of carbonyl (C=O) groups excluding carboxylic acids is 1. The lowest BCUT2D eigenvalue weighted by Gasteiger charge is -2.41. The van der Waals surface area contributed by atoms with Gasteiger partial charge in [0.15, 0.2) is 0 Å². The molecule has 8 heteroatoms. The van der Waals surface area contributed by atoms with Crippen LogP contribution in [0.4, 0.5) is 0 Å². The van der Waals surface area contributed by atoms with Crippen LogP contribution in [0.3, 0.4) is 0 Å². The molecule has 0 unspecified atom stereocenters. The van der Waals surface area contributed by atoms with E-state index in [0.29, 0.717) is 26.1 Å². The molecule has 1 aliphatic rings. The van der Waals surface area contributed by atoms with E-state index >= 15 is 0 Å². The second-order valence-corrected chi connectivity index (χ2v) is 5.84. The lowest BCUT2D eigenvalue weighted by Crippen LogP contribution is -2.60. The number of amides is 1. The van der Waals surface area contributed by atoms with E-state index in [9.17, 15) is 15.0 Å². The van der Waals surface area contributed by atoms with Gasteiger partial charge in [0.1, 0.15) is 12.2 Å². The summed E-state index contributed by atoms with van der Waals surface area (Å²) in [5.74, 6) is -0.306. The molecule has 0 bridgehead atoms. The fourth-order valence-electron chi connectivity index (χ4n) is 2.59. The van der Waals surface area contributed by atoms with Gasteiger partial charge in [0.25, 0.3) is 0 Å². The van der Waals surface area contributed by atoms with Crippen molar-refractivity contribution in [3.05, 3.63) is 18.2 Å². The minimum atomic E-state index is -1.30. The van der Waals surface area contributed by atoms with Gasteiger partial charge in [-0.15, -0.1) is 0 Å². The van der Waals surface area contributed by atoms with Crippen LogP contribution in [0.2, 0.25) is 0 Å². The Balaban J connectivity index is 1.84. The van der Waals surface area contributed by atoms with Crippen molar-refractivity contribution in [2.45, 2.75) is 24.7 Å². The number of hydrogen-bond acceptors (Lipinski definition) is 6. The number of aliphatic hydroxyl groups excluding tert-OH is 1. The highest BCUT2D eigenvalue weighted by Gasteiger charge is 2.40. The maximum atomic E-state index is 11.4. The second-order valence-electron chi connectivity index (χ2n) is 5.84. The highest BCUT2D eigenvalue weighted by atomic mass is 16.5.